The van der Waals surface area contributed by atoms with Gasteiger partial charge in [-0.2, -0.15) is 0 Å². The highest BCUT2D eigenvalue weighted by molar-refractivity contribution is 5.99. The Labute approximate surface area is 120 Å². The lowest BCUT2D eigenvalue weighted by Gasteiger charge is -2.11. The summed E-state index contributed by atoms with van der Waals surface area (Å²) in [6.07, 6.45) is 0.995. The fourth-order valence-corrected chi connectivity index (χ4v) is 2.15. The average Bonchev–Trinajstić information content (AvgIpc) is 2.48. The maximum atomic E-state index is 12.2. The number of hydrogen-bond donors (Lipinski definition) is 1. The molecule has 0 bridgehead atoms. The second kappa shape index (κ2) is 6.38. The monoisotopic (exact) mass is 267 g/mol. The fourth-order valence-electron chi connectivity index (χ4n) is 2.15. The van der Waals surface area contributed by atoms with Gasteiger partial charge in [0.1, 0.15) is 0 Å². The molecule has 20 heavy (non-hydrogen) atoms. The number of rotatable bonds is 5. The van der Waals surface area contributed by atoms with Crippen LogP contribution in [0.25, 0.3) is 0 Å². The van der Waals surface area contributed by atoms with Crippen molar-refractivity contribution >= 4 is 11.5 Å². The second-order valence-electron chi connectivity index (χ2n) is 5.07. The summed E-state index contributed by atoms with van der Waals surface area (Å²) in [5.74, 6) is 0.119. The third kappa shape index (κ3) is 3.27. The summed E-state index contributed by atoms with van der Waals surface area (Å²) in [6, 6.07) is 13.9. The first-order chi connectivity index (χ1) is 9.61. The molecule has 2 heteroatoms. The first-order valence-corrected chi connectivity index (χ1v) is 7.04. The van der Waals surface area contributed by atoms with Gasteiger partial charge < -0.3 is 5.32 Å². The summed E-state index contributed by atoms with van der Waals surface area (Å²) >= 11 is 0. The van der Waals surface area contributed by atoms with Crippen molar-refractivity contribution in [3.63, 3.8) is 0 Å². The highest BCUT2D eigenvalue weighted by Crippen LogP contribution is 2.18. The molecular weight excluding hydrogens is 246 g/mol. The Balaban J connectivity index is 2.02. The maximum absolute atomic E-state index is 12.2. The van der Waals surface area contributed by atoms with Gasteiger partial charge >= 0.3 is 0 Å². The van der Waals surface area contributed by atoms with E-state index in [-0.39, 0.29) is 5.78 Å². The zero-order valence-corrected chi connectivity index (χ0v) is 12.4. The van der Waals surface area contributed by atoms with E-state index >= 15 is 0 Å². The van der Waals surface area contributed by atoms with Crippen LogP contribution in [0.5, 0.6) is 0 Å². The molecule has 2 aromatic rings. The average molecular weight is 267 g/mol. The van der Waals surface area contributed by atoms with Crippen LogP contribution in [0.1, 0.15) is 34.0 Å². The quantitative estimate of drug-likeness (QED) is 0.824. The smallest absolute Gasteiger partial charge is 0.181 e. The summed E-state index contributed by atoms with van der Waals surface area (Å²) in [6.45, 7) is 6.58. The van der Waals surface area contributed by atoms with Crippen molar-refractivity contribution in [3.05, 3.63) is 64.7 Å². The fraction of sp³-hybridized carbons (Fsp3) is 0.278. The van der Waals surface area contributed by atoms with Crippen LogP contribution in [-0.4, -0.2) is 12.3 Å². The van der Waals surface area contributed by atoms with E-state index in [1.807, 2.05) is 36.4 Å². The molecule has 0 heterocycles. The molecule has 2 rings (SSSR count). The van der Waals surface area contributed by atoms with Gasteiger partial charge in [0.05, 0.1) is 6.54 Å². The van der Waals surface area contributed by atoms with Crippen LogP contribution < -0.4 is 5.32 Å². The molecule has 0 aliphatic carbocycles. The van der Waals surface area contributed by atoms with Crippen LogP contribution in [0.3, 0.4) is 0 Å². The minimum atomic E-state index is 0.119. The SMILES string of the molecule is CCc1ccc(C(=O)CNc2cccc(C)c2C)cc1. The van der Waals surface area contributed by atoms with Crippen molar-refractivity contribution in [1.82, 2.24) is 0 Å². The molecule has 0 aliphatic rings. The van der Waals surface area contributed by atoms with E-state index < -0.39 is 0 Å². The number of anilines is 1. The maximum Gasteiger partial charge on any atom is 0.181 e. The Morgan fingerprint density at radius 1 is 1.05 bits per heavy atom. The van der Waals surface area contributed by atoms with Crippen molar-refractivity contribution in [2.45, 2.75) is 27.2 Å². The van der Waals surface area contributed by atoms with E-state index in [1.165, 1.54) is 16.7 Å². The van der Waals surface area contributed by atoms with Crippen molar-refractivity contribution < 1.29 is 4.79 Å². The Kier molecular flexibility index (Phi) is 4.57. The Morgan fingerprint density at radius 2 is 1.75 bits per heavy atom. The predicted molar refractivity (Wildman–Crippen MR) is 84.6 cm³/mol. The van der Waals surface area contributed by atoms with Crippen molar-refractivity contribution in [1.29, 1.82) is 0 Å². The molecule has 0 saturated carbocycles. The van der Waals surface area contributed by atoms with Crippen LogP contribution in [0, 0.1) is 13.8 Å². The standard InChI is InChI=1S/C18H21NO/c1-4-15-8-10-16(11-9-15)18(20)12-19-17-7-5-6-13(2)14(17)3/h5-11,19H,4,12H2,1-3H3. The van der Waals surface area contributed by atoms with Crippen molar-refractivity contribution in [2.24, 2.45) is 0 Å². The number of carbonyl (C=O) groups excluding carboxylic acids is 1. The largest absolute Gasteiger partial charge is 0.377 e. The third-order valence-corrected chi connectivity index (χ3v) is 3.73. The van der Waals surface area contributed by atoms with E-state index in [4.69, 9.17) is 0 Å². The number of aryl methyl sites for hydroxylation is 2. The van der Waals surface area contributed by atoms with E-state index in [1.54, 1.807) is 0 Å². The van der Waals surface area contributed by atoms with Crippen molar-refractivity contribution in [2.75, 3.05) is 11.9 Å². The van der Waals surface area contributed by atoms with Gasteiger partial charge in [-0.05, 0) is 43.0 Å². The van der Waals surface area contributed by atoms with Crippen LogP contribution in [0.4, 0.5) is 5.69 Å². The first-order valence-electron chi connectivity index (χ1n) is 7.04. The minimum absolute atomic E-state index is 0.119. The third-order valence-electron chi connectivity index (χ3n) is 3.73. The van der Waals surface area contributed by atoms with Gasteiger partial charge in [-0.15, -0.1) is 0 Å². The molecule has 0 amide bonds. The minimum Gasteiger partial charge on any atom is -0.377 e. The molecule has 0 saturated heterocycles. The summed E-state index contributed by atoms with van der Waals surface area (Å²) in [7, 11) is 0. The Bertz CT molecular complexity index is 599. The lowest BCUT2D eigenvalue weighted by atomic mass is 10.1. The normalized spacial score (nSPS) is 10.3. The van der Waals surface area contributed by atoms with Crippen LogP contribution in [0.2, 0.25) is 0 Å². The highest BCUT2D eigenvalue weighted by atomic mass is 16.1. The number of benzene rings is 2. The Hall–Kier alpha value is -2.09. The highest BCUT2D eigenvalue weighted by Gasteiger charge is 2.07. The topological polar surface area (TPSA) is 29.1 Å². The van der Waals surface area contributed by atoms with Gasteiger partial charge in [0, 0.05) is 11.3 Å². The number of nitrogens with one attached hydrogen (secondary N) is 1. The molecule has 0 spiro atoms. The van der Waals surface area contributed by atoms with E-state index in [2.05, 4.69) is 32.2 Å². The van der Waals surface area contributed by atoms with Gasteiger partial charge in [-0.25, -0.2) is 0 Å². The molecule has 0 atom stereocenters. The summed E-state index contributed by atoms with van der Waals surface area (Å²) < 4.78 is 0. The molecule has 2 nitrogen and oxygen atoms in total. The molecule has 1 N–H and O–H groups in total. The summed E-state index contributed by atoms with van der Waals surface area (Å²) in [5, 5.41) is 3.23. The van der Waals surface area contributed by atoms with Gasteiger partial charge in [0.2, 0.25) is 0 Å². The zero-order chi connectivity index (χ0) is 14.5. The van der Waals surface area contributed by atoms with Gasteiger partial charge in [-0.1, -0.05) is 43.3 Å². The molecule has 0 aromatic heterocycles. The lowest BCUT2D eigenvalue weighted by molar-refractivity contribution is 0.101. The van der Waals surface area contributed by atoms with Crippen LogP contribution >= 0.6 is 0 Å². The van der Waals surface area contributed by atoms with E-state index in [9.17, 15) is 4.79 Å². The first kappa shape index (κ1) is 14.3. The number of carbonyl (C=O) groups is 1. The van der Waals surface area contributed by atoms with Gasteiger partial charge in [0.15, 0.2) is 5.78 Å². The van der Waals surface area contributed by atoms with Crippen molar-refractivity contribution in [3.8, 4) is 0 Å². The molecule has 0 radical (unpaired) electrons. The summed E-state index contributed by atoms with van der Waals surface area (Å²) in [4.78, 5) is 12.2. The number of hydrogen-bond acceptors (Lipinski definition) is 2. The Morgan fingerprint density at radius 3 is 2.40 bits per heavy atom. The van der Waals surface area contributed by atoms with Crippen LogP contribution in [0.15, 0.2) is 42.5 Å². The lowest BCUT2D eigenvalue weighted by Crippen LogP contribution is -2.14. The molecule has 2 aromatic carbocycles. The van der Waals surface area contributed by atoms with E-state index in [0.717, 1.165) is 17.7 Å². The molecule has 0 unspecified atom stereocenters. The number of Topliss-reactive ketones (excluding diaryl/α,β-unsaturated/α-hetero) is 1. The summed E-state index contributed by atoms with van der Waals surface area (Å²) in [5.41, 5.74) is 5.48. The van der Waals surface area contributed by atoms with Gasteiger partial charge in [0.25, 0.3) is 0 Å². The zero-order valence-electron chi connectivity index (χ0n) is 12.4. The van der Waals surface area contributed by atoms with Crippen LogP contribution in [-0.2, 0) is 6.42 Å². The molecule has 0 fully saturated rings. The second-order valence-corrected chi connectivity index (χ2v) is 5.07. The van der Waals surface area contributed by atoms with Gasteiger partial charge in [-0.3, -0.25) is 4.79 Å². The number of ketones is 1. The predicted octanol–water partition coefficient (Wildman–Crippen LogP) is 4.16. The molecule has 0 aliphatic heterocycles. The molecular formula is C18H21NO. The molecule has 104 valence electrons. The van der Waals surface area contributed by atoms with E-state index in [0.29, 0.717) is 6.54 Å².